The number of hydrogen-bond donors (Lipinski definition) is 1. The number of thiol groups is 1. The molecule has 0 N–H and O–H groups in total. The quantitative estimate of drug-likeness (QED) is 0.537. The summed E-state index contributed by atoms with van der Waals surface area (Å²) in [5, 5.41) is 26.5. The van der Waals surface area contributed by atoms with E-state index in [9.17, 15) is 0 Å². The molecule has 2 aromatic carbocycles. The Hall–Kier alpha value is -3.15. The molecule has 0 unspecified atom stereocenters. The van der Waals surface area contributed by atoms with Crippen molar-refractivity contribution in [2.24, 2.45) is 0 Å². The zero-order chi connectivity index (χ0) is 18.8. The normalized spacial score (nSPS) is 10.7. The van der Waals surface area contributed by atoms with Gasteiger partial charge < -0.3 is 0 Å². The number of nitrogens with zero attached hydrogens (tertiary/aromatic N) is 7. The zero-order valence-corrected chi connectivity index (χ0v) is 15.5. The SMILES string of the molecule is N#Cc1ccc(Cn2nnnc2-c2cnn(-c3ccc(Cl)cc3)c2S)cc1. The molecule has 0 radical (unpaired) electrons. The highest BCUT2D eigenvalue weighted by Gasteiger charge is 2.17. The van der Waals surface area contributed by atoms with Gasteiger partial charge in [-0.3, -0.25) is 0 Å². The van der Waals surface area contributed by atoms with E-state index < -0.39 is 0 Å². The van der Waals surface area contributed by atoms with E-state index in [1.165, 1.54) is 0 Å². The third kappa shape index (κ3) is 3.43. The fourth-order valence-electron chi connectivity index (χ4n) is 2.63. The van der Waals surface area contributed by atoms with Crippen LogP contribution in [0.5, 0.6) is 0 Å². The van der Waals surface area contributed by atoms with E-state index >= 15 is 0 Å². The summed E-state index contributed by atoms with van der Waals surface area (Å²) in [6.07, 6.45) is 1.68. The first-order chi connectivity index (χ1) is 13.2. The molecule has 0 atom stereocenters. The first-order valence-corrected chi connectivity index (χ1v) is 8.77. The van der Waals surface area contributed by atoms with E-state index in [0.29, 0.717) is 33.5 Å². The van der Waals surface area contributed by atoms with E-state index in [1.807, 2.05) is 24.3 Å². The van der Waals surface area contributed by atoms with Gasteiger partial charge in [-0.2, -0.15) is 10.4 Å². The molecular formula is C18H12ClN7S. The Morgan fingerprint density at radius 1 is 1.07 bits per heavy atom. The Bertz CT molecular complexity index is 1120. The molecule has 2 heterocycles. The highest BCUT2D eigenvalue weighted by molar-refractivity contribution is 7.80. The van der Waals surface area contributed by atoms with Crippen LogP contribution in [0.2, 0.25) is 5.02 Å². The van der Waals surface area contributed by atoms with Gasteiger partial charge in [0.05, 0.1) is 35.6 Å². The molecule has 0 fully saturated rings. The first-order valence-electron chi connectivity index (χ1n) is 7.94. The minimum atomic E-state index is 0.466. The maximum atomic E-state index is 8.91. The van der Waals surface area contributed by atoms with Crippen LogP contribution in [0.15, 0.2) is 59.8 Å². The van der Waals surface area contributed by atoms with Crippen molar-refractivity contribution in [1.82, 2.24) is 30.0 Å². The molecule has 7 nitrogen and oxygen atoms in total. The fraction of sp³-hybridized carbons (Fsp3) is 0.0556. The summed E-state index contributed by atoms with van der Waals surface area (Å²) in [6, 6.07) is 16.7. The number of nitriles is 1. The van der Waals surface area contributed by atoms with Crippen molar-refractivity contribution >= 4 is 24.2 Å². The van der Waals surface area contributed by atoms with Crippen LogP contribution in [-0.4, -0.2) is 30.0 Å². The smallest absolute Gasteiger partial charge is 0.186 e. The van der Waals surface area contributed by atoms with Gasteiger partial charge in [-0.1, -0.05) is 23.7 Å². The highest BCUT2D eigenvalue weighted by atomic mass is 35.5. The maximum Gasteiger partial charge on any atom is 0.186 e. The summed E-state index contributed by atoms with van der Waals surface area (Å²) in [4.78, 5) is 0. The van der Waals surface area contributed by atoms with Gasteiger partial charge in [-0.15, -0.1) is 17.7 Å². The monoisotopic (exact) mass is 393 g/mol. The Balaban J connectivity index is 1.66. The third-order valence-corrected chi connectivity index (χ3v) is 4.69. The summed E-state index contributed by atoms with van der Waals surface area (Å²) >= 11 is 10.6. The standard InChI is InChI=1S/C18H12ClN7S/c19-14-5-7-15(8-6-14)26-18(27)16(10-21-26)17-22-23-24-25(17)11-13-3-1-12(9-20)2-4-13/h1-8,10,27H,11H2. The van der Waals surface area contributed by atoms with Gasteiger partial charge >= 0.3 is 0 Å². The maximum absolute atomic E-state index is 8.91. The van der Waals surface area contributed by atoms with Crippen molar-refractivity contribution in [3.8, 4) is 23.1 Å². The minimum Gasteiger partial charge on any atom is -0.227 e. The van der Waals surface area contributed by atoms with Gasteiger partial charge in [0.15, 0.2) is 5.82 Å². The summed E-state index contributed by atoms with van der Waals surface area (Å²) in [5.41, 5.74) is 3.14. The van der Waals surface area contributed by atoms with Crippen molar-refractivity contribution in [1.29, 1.82) is 5.26 Å². The van der Waals surface area contributed by atoms with Crippen LogP contribution >= 0.6 is 24.2 Å². The lowest BCUT2D eigenvalue weighted by Gasteiger charge is -2.06. The molecule has 0 aliphatic heterocycles. The Labute approximate surface area is 165 Å². The second-order valence-electron chi connectivity index (χ2n) is 5.74. The zero-order valence-electron chi connectivity index (χ0n) is 13.9. The van der Waals surface area contributed by atoms with Crippen LogP contribution in [0.3, 0.4) is 0 Å². The molecule has 0 aliphatic carbocycles. The molecule has 27 heavy (non-hydrogen) atoms. The Morgan fingerprint density at radius 2 is 1.81 bits per heavy atom. The summed E-state index contributed by atoms with van der Waals surface area (Å²) in [6.45, 7) is 0.466. The fourth-order valence-corrected chi connectivity index (χ4v) is 3.08. The molecular weight excluding hydrogens is 382 g/mol. The number of halogens is 1. The average molecular weight is 394 g/mol. The molecule has 0 saturated carbocycles. The van der Waals surface area contributed by atoms with Crippen molar-refractivity contribution in [2.75, 3.05) is 0 Å². The van der Waals surface area contributed by atoms with E-state index in [2.05, 4.69) is 39.3 Å². The van der Waals surface area contributed by atoms with E-state index in [1.54, 1.807) is 39.8 Å². The topological polar surface area (TPSA) is 85.2 Å². The van der Waals surface area contributed by atoms with Gasteiger partial charge in [0, 0.05) is 5.02 Å². The van der Waals surface area contributed by atoms with E-state index in [0.717, 1.165) is 11.3 Å². The van der Waals surface area contributed by atoms with Crippen LogP contribution in [-0.2, 0) is 6.54 Å². The number of rotatable bonds is 4. The molecule has 0 amide bonds. The highest BCUT2D eigenvalue weighted by Crippen LogP contribution is 2.27. The van der Waals surface area contributed by atoms with Gasteiger partial charge in [0.25, 0.3) is 0 Å². The molecule has 9 heteroatoms. The van der Waals surface area contributed by atoms with Crippen LogP contribution in [0.1, 0.15) is 11.1 Å². The van der Waals surface area contributed by atoms with Crippen molar-refractivity contribution in [2.45, 2.75) is 11.6 Å². The largest absolute Gasteiger partial charge is 0.227 e. The molecule has 4 rings (SSSR count). The predicted molar refractivity (Wildman–Crippen MR) is 103 cm³/mol. The summed E-state index contributed by atoms with van der Waals surface area (Å²) in [5.74, 6) is 0.560. The number of aromatic nitrogens is 6. The third-order valence-electron chi connectivity index (χ3n) is 4.00. The summed E-state index contributed by atoms with van der Waals surface area (Å²) < 4.78 is 3.36. The van der Waals surface area contributed by atoms with Crippen molar-refractivity contribution in [3.63, 3.8) is 0 Å². The molecule has 4 aromatic rings. The lowest BCUT2D eigenvalue weighted by atomic mass is 10.1. The minimum absolute atomic E-state index is 0.466. The van der Waals surface area contributed by atoms with E-state index in [4.69, 9.17) is 16.9 Å². The number of tetrazole rings is 1. The van der Waals surface area contributed by atoms with E-state index in [-0.39, 0.29) is 0 Å². The molecule has 2 aromatic heterocycles. The lowest BCUT2D eigenvalue weighted by Crippen LogP contribution is -2.04. The Kier molecular flexibility index (Phi) is 4.62. The molecule has 0 bridgehead atoms. The Morgan fingerprint density at radius 3 is 2.52 bits per heavy atom. The van der Waals surface area contributed by atoms with Crippen molar-refractivity contribution in [3.05, 3.63) is 70.9 Å². The number of benzene rings is 2. The molecule has 0 aliphatic rings. The molecule has 0 saturated heterocycles. The van der Waals surface area contributed by atoms with Crippen LogP contribution in [0.4, 0.5) is 0 Å². The van der Waals surface area contributed by atoms with Gasteiger partial charge in [-0.25, -0.2) is 9.36 Å². The summed E-state index contributed by atoms with van der Waals surface area (Å²) in [7, 11) is 0. The van der Waals surface area contributed by atoms with Crippen molar-refractivity contribution < 1.29 is 0 Å². The lowest BCUT2D eigenvalue weighted by molar-refractivity contribution is 0.652. The van der Waals surface area contributed by atoms with Gasteiger partial charge in [0.1, 0.15) is 5.03 Å². The van der Waals surface area contributed by atoms with Crippen LogP contribution in [0.25, 0.3) is 17.1 Å². The molecule has 0 spiro atoms. The molecule has 132 valence electrons. The van der Waals surface area contributed by atoms with Crippen LogP contribution < -0.4 is 0 Å². The number of hydrogen-bond acceptors (Lipinski definition) is 6. The second kappa shape index (κ2) is 7.23. The first kappa shape index (κ1) is 17.3. The predicted octanol–water partition coefficient (Wildman–Crippen LogP) is 3.39. The average Bonchev–Trinajstić information content (AvgIpc) is 3.29. The van der Waals surface area contributed by atoms with Gasteiger partial charge in [0.2, 0.25) is 0 Å². The van der Waals surface area contributed by atoms with Gasteiger partial charge in [-0.05, 0) is 52.4 Å². The van der Waals surface area contributed by atoms with Crippen LogP contribution in [0, 0.1) is 11.3 Å². The second-order valence-corrected chi connectivity index (χ2v) is 6.60.